The molecule has 0 aromatic rings. The fourth-order valence-corrected chi connectivity index (χ4v) is 3.72. The van der Waals surface area contributed by atoms with Crippen LogP contribution in [0.4, 0.5) is 0 Å². The first-order valence-electron chi connectivity index (χ1n) is 7.91. The molecule has 4 heteroatoms. The van der Waals surface area contributed by atoms with E-state index >= 15 is 0 Å². The van der Waals surface area contributed by atoms with Gasteiger partial charge in [-0.05, 0) is 64.0 Å². The zero-order chi connectivity index (χ0) is 13.2. The van der Waals surface area contributed by atoms with Crippen molar-refractivity contribution in [1.29, 1.82) is 0 Å². The summed E-state index contributed by atoms with van der Waals surface area (Å²) < 4.78 is 0. The van der Waals surface area contributed by atoms with Crippen LogP contribution < -0.4 is 10.6 Å². The molecular formula is C15H27N3O. The van der Waals surface area contributed by atoms with E-state index in [1.165, 1.54) is 38.5 Å². The lowest BCUT2D eigenvalue weighted by atomic mass is 9.91. The fraction of sp³-hybridized carbons (Fsp3) is 0.933. The number of hydrogen-bond acceptors (Lipinski definition) is 3. The summed E-state index contributed by atoms with van der Waals surface area (Å²) in [4.78, 5) is 14.3. The molecule has 3 fully saturated rings. The second-order valence-electron chi connectivity index (χ2n) is 6.77. The summed E-state index contributed by atoms with van der Waals surface area (Å²) in [6, 6.07) is 1.54. The Morgan fingerprint density at radius 2 is 1.74 bits per heavy atom. The molecule has 3 aliphatic rings. The molecular weight excluding hydrogens is 238 g/mol. The molecule has 1 aliphatic carbocycles. The first-order valence-corrected chi connectivity index (χ1v) is 7.91. The summed E-state index contributed by atoms with van der Waals surface area (Å²) in [6.45, 7) is 2.40. The topological polar surface area (TPSA) is 44.4 Å². The molecule has 1 amide bonds. The van der Waals surface area contributed by atoms with E-state index in [4.69, 9.17) is 0 Å². The Bertz CT molecular complexity index is 315. The highest BCUT2D eigenvalue weighted by molar-refractivity contribution is 5.77. The summed E-state index contributed by atoms with van der Waals surface area (Å²) in [5, 5.41) is 6.36. The number of carbonyl (C=O) groups is 1. The third-order valence-electron chi connectivity index (χ3n) is 5.20. The van der Waals surface area contributed by atoms with Gasteiger partial charge < -0.3 is 15.5 Å². The first kappa shape index (κ1) is 13.4. The van der Waals surface area contributed by atoms with Crippen molar-refractivity contribution in [2.45, 2.75) is 50.6 Å². The van der Waals surface area contributed by atoms with Crippen molar-refractivity contribution in [2.24, 2.45) is 11.8 Å². The third kappa shape index (κ3) is 3.48. The number of amides is 1. The molecule has 4 nitrogen and oxygen atoms in total. The number of nitrogens with one attached hydrogen (secondary N) is 2. The minimum absolute atomic E-state index is 0.173. The van der Waals surface area contributed by atoms with E-state index < -0.39 is 0 Å². The average molecular weight is 265 g/mol. The van der Waals surface area contributed by atoms with Gasteiger partial charge in [0, 0.05) is 18.6 Å². The smallest absolute Gasteiger partial charge is 0.233 e. The number of hydrogen-bond donors (Lipinski definition) is 2. The summed E-state index contributed by atoms with van der Waals surface area (Å²) in [6.07, 6.45) is 7.93. The highest BCUT2D eigenvalue weighted by atomic mass is 16.1. The van der Waals surface area contributed by atoms with Crippen molar-refractivity contribution in [3.05, 3.63) is 0 Å². The van der Waals surface area contributed by atoms with E-state index in [0.717, 1.165) is 31.1 Å². The van der Waals surface area contributed by atoms with Gasteiger partial charge in [0.05, 0.1) is 6.54 Å². The van der Waals surface area contributed by atoms with E-state index in [1.807, 2.05) is 0 Å². The predicted octanol–water partition coefficient (Wildman–Crippen LogP) is 0.975. The van der Waals surface area contributed by atoms with Gasteiger partial charge in [-0.3, -0.25) is 4.79 Å². The maximum absolute atomic E-state index is 11.7. The molecule has 1 saturated carbocycles. The summed E-state index contributed by atoms with van der Waals surface area (Å²) in [7, 11) is 2.26. The van der Waals surface area contributed by atoms with Crippen LogP contribution in [-0.2, 0) is 4.79 Å². The Morgan fingerprint density at radius 1 is 1.05 bits per heavy atom. The van der Waals surface area contributed by atoms with Crippen molar-refractivity contribution in [3.63, 3.8) is 0 Å². The SMILES string of the molecule is CN1C2CCC1CC(CNC(=O)CNCC1CC1)C2. The maximum Gasteiger partial charge on any atom is 0.233 e. The number of rotatable bonds is 6. The van der Waals surface area contributed by atoms with E-state index in [0.29, 0.717) is 12.5 Å². The molecule has 0 aromatic carbocycles. The average Bonchev–Trinajstić information content (AvgIpc) is 3.17. The summed E-state index contributed by atoms with van der Waals surface area (Å²) >= 11 is 0. The van der Waals surface area contributed by atoms with Crippen molar-refractivity contribution in [1.82, 2.24) is 15.5 Å². The normalized spacial score (nSPS) is 34.5. The zero-order valence-corrected chi connectivity index (χ0v) is 12.0. The van der Waals surface area contributed by atoms with Crippen LogP contribution in [0.15, 0.2) is 0 Å². The molecule has 108 valence electrons. The van der Waals surface area contributed by atoms with E-state index in [2.05, 4.69) is 22.6 Å². The minimum Gasteiger partial charge on any atom is -0.355 e. The van der Waals surface area contributed by atoms with Crippen LogP contribution in [0, 0.1) is 11.8 Å². The highest BCUT2D eigenvalue weighted by Crippen LogP contribution is 2.36. The molecule has 2 bridgehead atoms. The van der Waals surface area contributed by atoms with Crippen molar-refractivity contribution in [2.75, 3.05) is 26.7 Å². The van der Waals surface area contributed by atoms with Gasteiger partial charge in [-0.2, -0.15) is 0 Å². The van der Waals surface area contributed by atoms with Crippen LogP contribution in [0.5, 0.6) is 0 Å². The number of fused-ring (bicyclic) bond motifs is 2. The Balaban J connectivity index is 1.32. The largest absolute Gasteiger partial charge is 0.355 e. The lowest BCUT2D eigenvalue weighted by molar-refractivity contribution is -0.120. The fourth-order valence-electron chi connectivity index (χ4n) is 3.72. The summed E-state index contributed by atoms with van der Waals surface area (Å²) in [5.41, 5.74) is 0. The van der Waals surface area contributed by atoms with Gasteiger partial charge >= 0.3 is 0 Å². The molecule has 19 heavy (non-hydrogen) atoms. The van der Waals surface area contributed by atoms with Crippen LogP contribution in [-0.4, -0.2) is 49.6 Å². The van der Waals surface area contributed by atoms with Crippen molar-refractivity contribution < 1.29 is 4.79 Å². The van der Waals surface area contributed by atoms with Gasteiger partial charge in [-0.15, -0.1) is 0 Å². The van der Waals surface area contributed by atoms with Crippen molar-refractivity contribution >= 4 is 5.91 Å². The van der Waals surface area contributed by atoms with Gasteiger partial charge in [0.1, 0.15) is 0 Å². The van der Waals surface area contributed by atoms with Crippen LogP contribution in [0.25, 0.3) is 0 Å². The van der Waals surface area contributed by atoms with E-state index in [-0.39, 0.29) is 5.91 Å². The van der Waals surface area contributed by atoms with Gasteiger partial charge in [0.25, 0.3) is 0 Å². The van der Waals surface area contributed by atoms with Crippen LogP contribution in [0.2, 0.25) is 0 Å². The van der Waals surface area contributed by atoms with Gasteiger partial charge in [0.2, 0.25) is 5.91 Å². The standard InChI is InChI=1S/C15H27N3O/c1-18-13-4-5-14(18)7-12(6-13)9-17-15(19)10-16-8-11-2-3-11/h11-14,16H,2-10H2,1H3,(H,17,19). The van der Waals surface area contributed by atoms with Crippen LogP contribution in [0.1, 0.15) is 38.5 Å². The number of nitrogens with zero attached hydrogens (tertiary/aromatic N) is 1. The number of carbonyl (C=O) groups excluding carboxylic acids is 1. The molecule has 0 radical (unpaired) electrons. The summed E-state index contributed by atoms with van der Waals surface area (Å²) in [5.74, 6) is 1.71. The van der Waals surface area contributed by atoms with Crippen LogP contribution >= 0.6 is 0 Å². The van der Waals surface area contributed by atoms with Gasteiger partial charge in [0.15, 0.2) is 0 Å². The number of piperidine rings is 1. The van der Waals surface area contributed by atoms with Crippen molar-refractivity contribution in [3.8, 4) is 0 Å². The molecule has 2 unspecified atom stereocenters. The van der Waals surface area contributed by atoms with Gasteiger partial charge in [-0.25, -0.2) is 0 Å². The second-order valence-corrected chi connectivity index (χ2v) is 6.77. The van der Waals surface area contributed by atoms with Gasteiger partial charge in [-0.1, -0.05) is 0 Å². The Hall–Kier alpha value is -0.610. The lowest BCUT2D eigenvalue weighted by Gasteiger charge is -2.36. The van der Waals surface area contributed by atoms with E-state index in [1.54, 1.807) is 0 Å². The molecule has 2 N–H and O–H groups in total. The minimum atomic E-state index is 0.173. The Kier molecular flexibility index (Phi) is 4.08. The molecule has 0 spiro atoms. The molecule has 2 saturated heterocycles. The Labute approximate surface area is 116 Å². The zero-order valence-electron chi connectivity index (χ0n) is 12.0. The lowest BCUT2D eigenvalue weighted by Crippen LogP contribution is -2.44. The van der Waals surface area contributed by atoms with Crippen LogP contribution in [0.3, 0.4) is 0 Å². The quantitative estimate of drug-likeness (QED) is 0.752. The second kappa shape index (κ2) is 5.80. The van der Waals surface area contributed by atoms with E-state index in [9.17, 15) is 4.79 Å². The first-order chi connectivity index (χ1) is 9.22. The monoisotopic (exact) mass is 265 g/mol. The third-order valence-corrected chi connectivity index (χ3v) is 5.20. The molecule has 0 aromatic heterocycles. The molecule has 3 rings (SSSR count). The molecule has 2 aliphatic heterocycles. The highest BCUT2D eigenvalue weighted by Gasteiger charge is 2.38. The maximum atomic E-state index is 11.7. The Morgan fingerprint density at radius 3 is 2.37 bits per heavy atom. The molecule has 2 heterocycles. The molecule has 2 atom stereocenters. The predicted molar refractivity (Wildman–Crippen MR) is 75.9 cm³/mol.